The van der Waals surface area contributed by atoms with E-state index in [1.807, 2.05) is 30.3 Å². The first kappa shape index (κ1) is 9.61. The Bertz CT molecular complexity index is 496. The second kappa shape index (κ2) is 4.06. The molecule has 1 aromatic heterocycles. The van der Waals surface area contributed by atoms with Crippen LogP contribution in [0.4, 0.5) is 0 Å². The smallest absolute Gasteiger partial charge is 0.283 e. The van der Waals surface area contributed by atoms with Gasteiger partial charge in [-0.25, -0.2) is 10.4 Å². The minimum Gasteiger partial charge on any atom is -0.286 e. The summed E-state index contributed by atoms with van der Waals surface area (Å²) in [4.78, 5) is 15.7. The number of para-hydroxylation sites is 1. The molecular formula is C11H11N3O. The number of carbonyl (C=O) groups excluding carboxylic acids is 1. The van der Waals surface area contributed by atoms with Crippen molar-refractivity contribution in [2.75, 3.05) is 7.05 Å². The van der Waals surface area contributed by atoms with Gasteiger partial charge in [0.1, 0.15) is 5.69 Å². The van der Waals surface area contributed by atoms with E-state index in [1.165, 1.54) is 0 Å². The van der Waals surface area contributed by atoms with E-state index >= 15 is 0 Å². The second-order valence-electron chi connectivity index (χ2n) is 3.09. The van der Waals surface area contributed by atoms with Crippen LogP contribution in [0.15, 0.2) is 36.4 Å². The summed E-state index contributed by atoms with van der Waals surface area (Å²) in [6.07, 6.45) is 0. The zero-order valence-electron chi connectivity index (χ0n) is 8.32. The molecular weight excluding hydrogens is 190 g/mol. The molecule has 0 radical (unpaired) electrons. The minimum atomic E-state index is -0.233. The van der Waals surface area contributed by atoms with Crippen molar-refractivity contribution in [2.45, 2.75) is 0 Å². The Kier molecular flexibility index (Phi) is 2.60. The molecule has 1 amide bonds. The van der Waals surface area contributed by atoms with Crippen LogP contribution in [0.2, 0.25) is 0 Å². The zero-order chi connectivity index (χ0) is 10.7. The summed E-state index contributed by atoms with van der Waals surface area (Å²) < 4.78 is 0. The molecule has 0 bridgehead atoms. The van der Waals surface area contributed by atoms with E-state index in [0.29, 0.717) is 5.69 Å². The number of fused-ring (bicyclic) bond motifs is 1. The van der Waals surface area contributed by atoms with E-state index in [0.717, 1.165) is 10.9 Å². The SMILES string of the molecule is CNNC(=O)c1ccc2ccccc2n1. The van der Waals surface area contributed by atoms with Crippen molar-refractivity contribution in [3.8, 4) is 0 Å². The van der Waals surface area contributed by atoms with E-state index in [9.17, 15) is 4.79 Å². The highest BCUT2D eigenvalue weighted by molar-refractivity contribution is 5.94. The van der Waals surface area contributed by atoms with Crippen LogP contribution >= 0.6 is 0 Å². The number of nitrogens with zero attached hydrogens (tertiary/aromatic N) is 1. The molecule has 0 aliphatic heterocycles. The van der Waals surface area contributed by atoms with Crippen molar-refractivity contribution in [1.82, 2.24) is 15.8 Å². The number of aromatic nitrogens is 1. The molecule has 76 valence electrons. The number of hydrazine groups is 1. The lowest BCUT2D eigenvalue weighted by molar-refractivity contribution is 0.0933. The van der Waals surface area contributed by atoms with Crippen molar-refractivity contribution in [1.29, 1.82) is 0 Å². The van der Waals surface area contributed by atoms with Gasteiger partial charge in [-0.05, 0) is 12.1 Å². The third-order valence-corrected chi connectivity index (χ3v) is 2.07. The van der Waals surface area contributed by atoms with E-state index in [4.69, 9.17) is 0 Å². The lowest BCUT2D eigenvalue weighted by Gasteiger charge is -2.03. The Labute approximate surface area is 87.3 Å². The minimum absolute atomic E-state index is 0.233. The molecule has 0 spiro atoms. The number of rotatable bonds is 2. The number of carbonyl (C=O) groups is 1. The molecule has 0 atom stereocenters. The van der Waals surface area contributed by atoms with Crippen LogP contribution in [0.25, 0.3) is 10.9 Å². The largest absolute Gasteiger partial charge is 0.286 e. The van der Waals surface area contributed by atoms with E-state index in [-0.39, 0.29) is 5.91 Å². The standard InChI is InChI=1S/C11H11N3O/c1-12-14-11(15)10-7-6-8-4-2-3-5-9(8)13-10/h2-7,12H,1H3,(H,14,15). The summed E-state index contributed by atoms with van der Waals surface area (Å²) in [5, 5.41) is 1.03. The van der Waals surface area contributed by atoms with Crippen LogP contribution < -0.4 is 10.9 Å². The van der Waals surface area contributed by atoms with Gasteiger partial charge in [0.05, 0.1) is 5.52 Å². The Morgan fingerprint density at radius 2 is 2.00 bits per heavy atom. The number of amides is 1. The Morgan fingerprint density at radius 1 is 1.20 bits per heavy atom. The predicted molar refractivity (Wildman–Crippen MR) is 58.3 cm³/mol. The van der Waals surface area contributed by atoms with E-state index in [2.05, 4.69) is 15.8 Å². The summed E-state index contributed by atoms with van der Waals surface area (Å²) in [6, 6.07) is 11.3. The fourth-order valence-electron chi connectivity index (χ4n) is 1.37. The number of nitrogens with one attached hydrogen (secondary N) is 2. The normalized spacial score (nSPS) is 10.2. The van der Waals surface area contributed by atoms with Crippen molar-refractivity contribution >= 4 is 16.8 Å². The maximum atomic E-state index is 11.5. The Balaban J connectivity index is 2.42. The monoisotopic (exact) mass is 201 g/mol. The molecule has 2 aromatic rings. The van der Waals surface area contributed by atoms with Gasteiger partial charge in [-0.15, -0.1) is 0 Å². The Morgan fingerprint density at radius 3 is 2.80 bits per heavy atom. The topological polar surface area (TPSA) is 54.0 Å². The van der Waals surface area contributed by atoms with Gasteiger partial charge in [0.15, 0.2) is 0 Å². The van der Waals surface area contributed by atoms with Crippen molar-refractivity contribution < 1.29 is 4.79 Å². The highest BCUT2D eigenvalue weighted by Gasteiger charge is 2.05. The molecule has 2 N–H and O–H groups in total. The van der Waals surface area contributed by atoms with Gasteiger partial charge in [-0.3, -0.25) is 10.2 Å². The van der Waals surface area contributed by atoms with E-state index in [1.54, 1.807) is 13.1 Å². The van der Waals surface area contributed by atoms with Crippen LogP contribution in [0, 0.1) is 0 Å². The van der Waals surface area contributed by atoms with Crippen molar-refractivity contribution in [3.63, 3.8) is 0 Å². The lowest BCUT2D eigenvalue weighted by Crippen LogP contribution is -2.34. The fourth-order valence-corrected chi connectivity index (χ4v) is 1.37. The summed E-state index contributed by atoms with van der Waals surface area (Å²) in [5.41, 5.74) is 6.28. The lowest BCUT2D eigenvalue weighted by atomic mass is 10.2. The Hall–Kier alpha value is -1.94. The fraction of sp³-hybridized carbons (Fsp3) is 0.0909. The van der Waals surface area contributed by atoms with Gasteiger partial charge >= 0.3 is 0 Å². The van der Waals surface area contributed by atoms with Gasteiger partial charge in [-0.2, -0.15) is 0 Å². The van der Waals surface area contributed by atoms with Crippen LogP contribution in [0.1, 0.15) is 10.5 Å². The maximum absolute atomic E-state index is 11.5. The summed E-state index contributed by atoms with van der Waals surface area (Å²) in [7, 11) is 1.64. The van der Waals surface area contributed by atoms with Crippen molar-refractivity contribution in [3.05, 3.63) is 42.1 Å². The molecule has 4 heteroatoms. The first-order valence-corrected chi connectivity index (χ1v) is 4.64. The van der Waals surface area contributed by atoms with Gasteiger partial charge < -0.3 is 0 Å². The number of hydrogen-bond donors (Lipinski definition) is 2. The molecule has 1 aromatic carbocycles. The molecule has 2 rings (SSSR count). The molecule has 15 heavy (non-hydrogen) atoms. The summed E-state index contributed by atoms with van der Waals surface area (Å²) >= 11 is 0. The van der Waals surface area contributed by atoms with Gasteiger partial charge in [-0.1, -0.05) is 24.3 Å². The quantitative estimate of drug-likeness (QED) is 0.715. The molecule has 0 fully saturated rings. The zero-order valence-corrected chi connectivity index (χ0v) is 8.32. The average Bonchev–Trinajstić information content (AvgIpc) is 2.29. The number of pyridine rings is 1. The molecule has 0 aliphatic rings. The first-order chi connectivity index (χ1) is 7.31. The summed E-state index contributed by atoms with van der Waals surface area (Å²) in [5.74, 6) is -0.233. The highest BCUT2D eigenvalue weighted by atomic mass is 16.2. The number of benzene rings is 1. The molecule has 1 heterocycles. The summed E-state index contributed by atoms with van der Waals surface area (Å²) in [6.45, 7) is 0. The molecule has 4 nitrogen and oxygen atoms in total. The first-order valence-electron chi connectivity index (χ1n) is 4.64. The molecule has 0 saturated carbocycles. The maximum Gasteiger partial charge on any atom is 0.283 e. The van der Waals surface area contributed by atoms with Crippen LogP contribution in [0.5, 0.6) is 0 Å². The third-order valence-electron chi connectivity index (χ3n) is 2.07. The highest BCUT2D eigenvalue weighted by Crippen LogP contribution is 2.11. The molecule has 0 unspecified atom stereocenters. The predicted octanol–water partition coefficient (Wildman–Crippen LogP) is 1.10. The second-order valence-corrected chi connectivity index (χ2v) is 3.09. The van der Waals surface area contributed by atoms with Gasteiger partial charge in [0.2, 0.25) is 0 Å². The average molecular weight is 201 g/mol. The van der Waals surface area contributed by atoms with Gasteiger partial charge in [0.25, 0.3) is 5.91 Å². The molecule has 0 saturated heterocycles. The van der Waals surface area contributed by atoms with Crippen LogP contribution in [-0.4, -0.2) is 17.9 Å². The molecule has 0 aliphatic carbocycles. The van der Waals surface area contributed by atoms with Crippen LogP contribution in [-0.2, 0) is 0 Å². The van der Waals surface area contributed by atoms with E-state index < -0.39 is 0 Å². The van der Waals surface area contributed by atoms with Crippen molar-refractivity contribution in [2.24, 2.45) is 0 Å². The number of hydrogen-bond acceptors (Lipinski definition) is 3. The van der Waals surface area contributed by atoms with Crippen LogP contribution in [0.3, 0.4) is 0 Å². The van der Waals surface area contributed by atoms with Gasteiger partial charge in [0, 0.05) is 12.4 Å². The third kappa shape index (κ3) is 1.94.